The minimum absolute atomic E-state index is 0.0151. The first-order valence-corrected chi connectivity index (χ1v) is 9.60. The first-order chi connectivity index (χ1) is 14.8. The van der Waals surface area contributed by atoms with Crippen LogP contribution < -0.4 is 27.3 Å². The van der Waals surface area contributed by atoms with E-state index in [0.717, 1.165) is 0 Å². The number of carbonyl (C=O) groups is 2. The van der Waals surface area contributed by atoms with Gasteiger partial charge in [-0.2, -0.15) is 0 Å². The molecule has 0 saturated heterocycles. The molecule has 2 rings (SSSR count). The summed E-state index contributed by atoms with van der Waals surface area (Å²) in [5.41, 5.74) is 17.0. The molecule has 31 heavy (non-hydrogen) atoms. The molecule has 0 aliphatic heterocycles. The van der Waals surface area contributed by atoms with Gasteiger partial charge in [0.15, 0.2) is 0 Å². The Morgan fingerprint density at radius 2 is 1.68 bits per heavy atom. The number of carbonyl (C=O) groups excluding carboxylic acids is 2. The van der Waals surface area contributed by atoms with Crippen molar-refractivity contribution in [3.05, 3.63) is 72.6 Å². The minimum atomic E-state index is -0.734. The van der Waals surface area contributed by atoms with Crippen molar-refractivity contribution in [2.75, 3.05) is 13.1 Å². The monoisotopic (exact) mass is 427 g/mol. The highest BCUT2D eigenvalue weighted by molar-refractivity contribution is 6.42. The van der Waals surface area contributed by atoms with Gasteiger partial charge in [-0.3, -0.25) is 14.6 Å². The summed E-state index contributed by atoms with van der Waals surface area (Å²) in [4.78, 5) is 27.9. The van der Waals surface area contributed by atoms with Gasteiger partial charge in [0.05, 0.1) is 12.1 Å². The standard InChI is InChI=1S/C22H26FN5O3/c1-2-18(21(25)29)28-19(13-20(22(26)30)27-12-11-24)14-3-7-16(8-4-14)31-17-9-5-15(23)6-10-17/h2-10,19-20,27H,1,11-13,24H2,(H2,25,29)(H2,26,30)/b28-18+. The highest BCUT2D eigenvalue weighted by Gasteiger charge is 2.22. The number of rotatable bonds is 12. The van der Waals surface area contributed by atoms with Gasteiger partial charge in [0, 0.05) is 13.1 Å². The third-order valence-corrected chi connectivity index (χ3v) is 4.39. The molecular weight excluding hydrogens is 401 g/mol. The molecule has 0 saturated carbocycles. The fourth-order valence-corrected chi connectivity index (χ4v) is 2.83. The van der Waals surface area contributed by atoms with Crippen LogP contribution in [-0.4, -0.2) is 36.7 Å². The van der Waals surface area contributed by atoms with E-state index in [1.807, 2.05) is 0 Å². The molecule has 0 radical (unpaired) electrons. The summed E-state index contributed by atoms with van der Waals surface area (Å²) in [5.74, 6) is -0.662. The van der Waals surface area contributed by atoms with Gasteiger partial charge in [0.25, 0.3) is 5.91 Å². The number of primary amides is 2. The fraction of sp³-hybridized carbons (Fsp3) is 0.227. The Morgan fingerprint density at radius 1 is 1.10 bits per heavy atom. The summed E-state index contributed by atoms with van der Waals surface area (Å²) in [6, 6.07) is 11.2. The van der Waals surface area contributed by atoms with Crippen molar-refractivity contribution in [2.24, 2.45) is 22.2 Å². The third-order valence-electron chi connectivity index (χ3n) is 4.39. The van der Waals surface area contributed by atoms with Crippen LogP contribution in [0.1, 0.15) is 18.0 Å². The Kier molecular flexibility index (Phi) is 8.86. The average Bonchev–Trinajstić information content (AvgIpc) is 2.75. The van der Waals surface area contributed by atoms with Crippen molar-refractivity contribution in [3.8, 4) is 11.5 Å². The highest BCUT2D eigenvalue weighted by Crippen LogP contribution is 2.28. The molecule has 2 unspecified atom stereocenters. The zero-order valence-electron chi connectivity index (χ0n) is 17.0. The lowest BCUT2D eigenvalue weighted by atomic mass is 9.98. The molecule has 0 aliphatic rings. The molecule has 0 fully saturated rings. The number of hydrogen-bond acceptors (Lipinski definition) is 6. The predicted molar refractivity (Wildman–Crippen MR) is 117 cm³/mol. The summed E-state index contributed by atoms with van der Waals surface area (Å²) in [5, 5.41) is 2.97. The summed E-state index contributed by atoms with van der Waals surface area (Å²) in [7, 11) is 0. The number of nitrogens with two attached hydrogens (primary N) is 3. The Labute approximate surface area is 180 Å². The van der Waals surface area contributed by atoms with Crippen LogP contribution in [0.4, 0.5) is 4.39 Å². The number of benzene rings is 2. The number of amides is 2. The molecule has 8 nitrogen and oxygen atoms in total. The van der Waals surface area contributed by atoms with Gasteiger partial charge < -0.3 is 27.3 Å². The predicted octanol–water partition coefficient (Wildman–Crippen LogP) is 1.56. The maximum Gasteiger partial charge on any atom is 0.266 e. The molecule has 0 spiro atoms. The fourth-order valence-electron chi connectivity index (χ4n) is 2.83. The van der Waals surface area contributed by atoms with E-state index in [0.29, 0.717) is 30.2 Å². The lowest BCUT2D eigenvalue weighted by Gasteiger charge is -2.21. The topological polar surface area (TPSA) is 146 Å². The largest absolute Gasteiger partial charge is 0.457 e. The molecule has 2 atom stereocenters. The van der Waals surface area contributed by atoms with Gasteiger partial charge in [-0.15, -0.1) is 0 Å². The minimum Gasteiger partial charge on any atom is -0.457 e. The maximum atomic E-state index is 13.0. The molecule has 164 valence electrons. The molecule has 9 heteroatoms. The second-order valence-electron chi connectivity index (χ2n) is 6.66. The van der Waals surface area contributed by atoms with E-state index in [2.05, 4.69) is 16.9 Å². The summed E-state index contributed by atoms with van der Waals surface area (Å²) < 4.78 is 18.7. The number of ether oxygens (including phenoxy) is 1. The Morgan fingerprint density at radius 3 is 2.16 bits per heavy atom. The Balaban J connectivity index is 2.29. The number of nitrogens with zero attached hydrogens (tertiary/aromatic N) is 1. The Bertz CT molecular complexity index is 929. The molecule has 7 N–H and O–H groups in total. The summed E-state index contributed by atoms with van der Waals surface area (Å²) in [6.07, 6.45) is 1.44. The quantitative estimate of drug-likeness (QED) is 0.380. The Hall–Kier alpha value is -3.56. The van der Waals surface area contributed by atoms with Crippen LogP contribution in [0.25, 0.3) is 0 Å². The van der Waals surface area contributed by atoms with Crippen LogP contribution in [0.5, 0.6) is 11.5 Å². The van der Waals surface area contributed by atoms with Crippen LogP contribution in [0.15, 0.2) is 66.2 Å². The van der Waals surface area contributed by atoms with Crippen LogP contribution >= 0.6 is 0 Å². The van der Waals surface area contributed by atoms with Crippen molar-refractivity contribution >= 4 is 17.5 Å². The first-order valence-electron chi connectivity index (χ1n) is 9.60. The molecule has 2 aromatic rings. The molecule has 0 aliphatic carbocycles. The molecular formula is C22H26FN5O3. The van der Waals surface area contributed by atoms with Gasteiger partial charge in [0.2, 0.25) is 5.91 Å². The summed E-state index contributed by atoms with van der Waals surface area (Å²) >= 11 is 0. The lowest BCUT2D eigenvalue weighted by molar-refractivity contribution is -0.120. The van der Waals surface area contributed by atoms with Crippen LogP contribution in [0.3, 0.4) is 0 Å². The molecule has 2 aromatic carbocycles. The second kappa shape index (κ2) is 11.6. The number of halogens is 1. The second-order valence-corrected chi connectivity index (χ2v) is 6.66. The molecule has 0 aromatic heterocycles. The maximum absolute atomic E-state index is 13.0. The van der Waals surface area contributed by atoms with Gasteiger partial charge in [-0.25, -0.2) is 4.39 Å². The lowest BCUT2D eigenvalue weighted by Crippen LogP contribution is -2.44. The first kappa shape index (κ1) is 23.7. The van der Waals surface area contributed by atoms with E-state index < -0.39 is 23.9 Å². The van der Waals surface area contributed by atoms with E-state index >= 15 is 0 Å². The van der Waals surface area contributed by atoms with Gasteiger partial charge in [-0.1, -0.05) is 18.7 Å². The van der Waals surface area contributed by atoms with E-state index in [-0.39, 0.29) is 17.9 Å². The SMILES string of the molecule is C=C/C(=N\C(CC(NCCN)C(N)=O)c1ccc(Oc2ccc(F)cc2)cc1)C(N)=O. The normalized spacial score (nSPS) is 13.3. The van der Waals surface area contributed by atoms with Crippen molar-refractivity contribution in [3.63, 3.8) is 0 Å². The number of aliphatic imine (C=N–C) groups is 1. The van der Waals surface area contributed by atoms with Crippen molar-refractivity contribution < 1.29 is 18.7 Å². The molecule has 0 heterocycles. The van der Waals surface area contributed by atoms with E-state index in [1.54, 1.807) is 24.3 Å². The third kappa shape index (κ3) is 7.32. The smallest absolute Gasteiger partial charge is 0.266 e. The zero-order chi connectivity index (χ0) is 22.8. The van der Waals surface area contributed by atoms with Crippen LogP contribution in [0.2, 0.25) is 0 Å². The highest BCUT2D eigenvalue weighted by atomic mass is 19.1. The molecule has 2 amide bonds. The van der Waals surface area contributed by atoms with Crippen molar-refractivity contribution in [2.45, 2.75) is 18.5 Å². The number of nitrogens with one attached hydrogen (secondary N) is 1. The molecule has 0 bridgehead atoms. The van der Waals surface area contributed by atoms with E-state index in [4.69, 9.17) is 21.9 Å². The van der Waals surface area contributed by atoms with Crippen molar-refractivity contribution in [1.82, 2.24) is 5.32 Å². The van der Waals surface area contributed by atoms with Crippen LogP contribution in [0, 0.1) is 5.82 Å². The number of hydrogen-bond donors (Lipinski definition) is 4. The van der Waals surface area contributed by atoms with E-state index in [9.17, 15) is 14.0 Å². The summed E-state index contributed by atoms with van der Waals surface area (Å²) in [6.45, 7) is 4.27. The zero-order valence-corrected chi connectivity index (χ0v) is 17.0. The van der Waals surface area contributed by atoms with Gasteiger partial charge in [0.1, 0.15) is 23.0 Å². The van der Waals surface area contributed by atoms with Crippen LogP contribution in [-0.2, 0) is 9.59 Å². The van der Waals surface area contributed by atoms with Crippen molar-refractivity contribution in [1.29, 1.82) is 0 Å². The average molecular weight is 427 g/mol. The van der Waals surface area contributed by atoms with Gasteiger partial charge >= 0.3 is 0 Å². The van der Waals surface area contributed by atoms with Gasteiger partial charge in [-0.05, 0) is 54.5 Å². The van der Waals surface area contributed by atoms with E-state index in [1.165, 1.54) is 30.3 Å².